The molecule has 0 aromatic carbocycles. The summed E-state index contributed by atoms with van der Waals surface area (Å²) in [5.74, 6) is 0. The minimum absolute atomic E-state index is 0.0735. The zero-order valence-electron chi connectivity index (χ0n) is 7.51. The Morgan fingerprint density at radius 3 is 2.27 bits per heavy atom. The molecule has 0 radical (unpaired) electrons. The highest BCUT2D eigenvalue weighted by Crippen LogP contribution is 2.27. The van der Waals surface area contributed by atoms with Gasteiger partial charge in [-0.05, 0) is 18.3 Å². The van der Waals surface area contributed by atoms with Crippen molar-refractivity contribution in [3.63, 3.8) is 0 Å². The minimum Gasteiger partial charge on any atom is -0.392 e. The van der Waals surface area contributed by atoms with Gasteiger partial charge >= 0.3 is 0 Å². The molecule has 0 saturated heterocycles. The summed E-state index contributed by atoms with van der Waals surface area (Å²) in [6.45, 7) is 11.3. The van der Waals surface area contributed by atoms with E-state index in [1.807, 2.05) is 19.9 Å². The summed E-state index contributed by atoms with van der Waals surface area (Å²) >= 11 is 0. The second-order valence-electron chi connectivity index (χ2n) is 3.52. The summed E-state index contributed by atoms with van der Waals surface area (Å²) in [4.78, 5) is 0. The molecule has 0 aromatic rings. The molecule has 0 saturated carbocycles. The zero-order chi connectivity index (χ0) is 8.91. The first-order valence-corrected chi connectivity index (χ1v) is 3.94. The maximum atomic E-state index is 9.59. The number of allylic oxidation sites excluding steroid dienone is 1. The van der Waals surface area contributed by atoms with Crippen LogP contribution in [0.15, 0.2) is 25.3 Å². The molecule has 0 heterocycles. The van der Waals surface area contributed by atoms with Gasteiger partial charge in [0.1, 0.15) is 0 Å². The zero-order valence-corrected chi connectivity index (χ0v) is 7.51. The van der Waals surface area contributed by atoms with Crippen LogP contribution in [0.1, 0.15) is 26.7 Å². The standard InChI is InChI=1S/C10H18O/c1-5-7-9(11)10(3,4)8-6-2/h5-6,9,11H,1-2,7-8H2,3-4H3. The van der Waals surface area contributed by atoms with E-state index in [4.69, 9.17) is 0 Å². The summed E-state index contributed by atoms with van der Waals surface area (Å²) in [6.07, 6.45) is 4.77. The molecule has 0 aromatic heterocycles. The predicted octanol–water partition coefficient (Wildman–Crippen LogP) is 2.53. The van der Waals surface area contributed by atoms with Crippen molar-refractivity contribution in [3.8, 4) is 0 Å². The van der Waals surface area contributed by atoms with E-state index in [1.165, 1.54) is 0 Å². The average Bonchev–Trinajstić information content (AvgIpc) is 1.88. The first-order chi connectivity index (χ1) is 5.04. The molecule has 0 bridgehead atoms. The Morgan fingerprint density at radius 1 is 1.36 bits per heavy atom. The molecule has 0 aliphatic carbocycles. The molecule has 1 heteroatoms. The Kier molecular flexibility index (Phi) is 4.12. The third-order valence-corrected chi connectivity index (χ3v) is 1.96. The van der Waals surface area contributed by atoms with Crippen molar-refractivity contribution < 1.29 is 5.11 Å². The summed E-state index contributed by atoms with van der Waals surface area (Å²) in [5.41, 5.74) is -0.0735. The van der Waals surface area contributed by atoms with Crippen LogP contribution in [-0.2, 0) is 0 Å². The Hall–Kier alpha value is -0.560. The first-order valence-electron chi connectivity index (χ1n) is 3.94. The lowest BCUT2D eigenvalue weighted by molar-refractivity contribution is 0.0550. The first kappa shape index (κ1) is 10.4. The van der Waals surface area contributed by atoms with Crippen LogP contribution >= 0.6 is 0 Å². The number of hydrogen-bond acceptors (Lipinski definition) is 1. The third-order valence-electron chi connectivity index (χ3n) is 1.96. The Labute approximate surface area is 69.4 Å². The van der Waals surface area contributed by atoms with Crippen LogP contribution in [0, 0.1) is 5.41 Å². The van der Waals surface area contributed by atoms with E-state index >= 15 is 0 Å². The van der Waals surface area contributed by atoms with Crippen molar-refractivity contribution in [1.29, 1.82) is 0 Å². The van der Waals surface area contributed by atoms with Crippen LogP contribution in [0.4, 0.5) is 0 Å². The monoisotopic (exact) mass is 154 g/mol. The molecule has 1 nitrogen and oxygen atoms in total. The van der Waals surface area contributed by atoms with Gasteiger partial charge in [0.05, 0.1) is 6.10 Å². The van der Waals surface area contributed by atoms with Crippen LogP contribution < -0.4 is 0 Å². The molecule has 1 N–H and O–H groups in total. The molecule has 0 fully saturated rings. The predicted molar refractivity (Wildman–Crippen MR) is 49.4 cm³/mol. The lowest BCUT2D eigenvalue weighted by Gasteiger charge is -2.28. The van der Waals surface area contributed by atoms with E-state index in [9.17, 15) is 5.11 Å². The molecule has 0 aliphatic rings. The summed E-state index contributed by atoms with van der Waals surface area (Å²) in [5, 5.41) is 9.59. The lowest BCUT2D eigenvalue weighted by Crippen LogP contribution is -2.28. The summed E-state index contributed by atoms with van der Waals surface area (Å²) in [6, 6.07) is 0. The van der Waals surface area contributed by atoms with Crippen molar-refractivity contribution in [2.24, 2.45) is 5.41 Å². The molecule has 1 atom stereocenters. The Balaban J connectivity index is 4.03. The number of aliphatic hydroxyl groups excluding tert-OH is 1. The largest absolute Gasteiger partial charge is 0.392 e. The third kappa shape index (κ3) is 3.38. The molecule has 1 unspecified atom stereocenters. The smallest absolute Gasteiger partial charge is 0.0628 e. The summed E-state index contributed by atoms with van der Waals surface area (Å²) in [7, 11) is 0. The maximum absolute atomic E-state index is 9.59. The van der Waals surface area contributed by atoms with Crippen LogP contribution in [0.2, 0.25) is 0 Å². The Morgan fingerprint density at radius 2 is 1.91 bits per heavy atom. The molecular weight excluding hydrogens is 136 g/mol. The van der Waals surface area contributed by atoms with E-state index in [0.717, 1.165) is 6.42 Å². The van der Waals surface area contributed by atoms with Crippen LogP contribution in [-0.4, -0.2) is 11.2 Å². The number of aliphatic hydroxyl groups is 1. The highest BCUT2D eigenvalue weighted by molar-refractivity contribution is 4.88. The van der Waals surface area contributed by atoms with Gasteiger partial charge in [-0.1, -0.05) is 26.0 Å². The van der Waals surface area contributed by atoms with Crippen molar-refractivity contribution in [2.75, 3.05) is 0 Å². The van der Waals surface area contributed by atoms with Crippen LogP contribution in [0.25, 0.3) is 0 Å². The second kappa shape index (κ2) is 4.35. The Bertz CT molecular complexity index is 136. The van der Waals surface area contributed by atoms with E-state index in [-0.39, 0.29) is 11.5 Å². The molecule has 0 rings (SSSR count). The maximum Gasteiger partial charge on any atom is 0.0628 e. The fraction of sp³-hybridized carbons (Fsp3) is 0.600. The van der Waals surface area contributed by atoms with Gasteiger partial charge in [-0.3, -0.25) is 0 Å². The lowest BCUT2D eigenvalue weighted by atomic mass is 9.82. The van der Waals surface area contributed by atoms with Gasteiger partial charge in [0, 0.05) is 0 Å². The van der Waals surface area contributed by atoms with Gasteiger partial charge in [-0.2, -0.15) is 0 Å². The molecule has 0 amide bonds. The fourth-order valence-electron chi connectivity index (χ4n) is 0.985. The van der Waals surface area contributed by atoms with E-state index in [2.05, 4.69) is 13.2 Å². The van der Waals surface area contributed by atoms with Crippen molar-refractivity contribution in [2.45, 2.75) is 32.8 Å². The van der Waals surface area contributed by atoms with Gasteiger partial charge < -0.3 is 5.11 Å². The van der Waals surface area contributed by atoms with E-state index < -0.39 is 0 Å². The highest BCUT2D eigenvalue weighted by atomic mass is 16.3. The number of rotatable bonds is 5. The SMILES string of the molecule is C=CCC(O)C(C)(C)CC=C. The van der Waals surface area contributed by atoms with Crippen molar-refractivity contribution >= 4 is 0 Å². The molecule has 64 valence electrons. The molecule has 0 spiro atoms. The van der Waals surface area contributed by atoms with Crippen LogP contribution in [0.5, 0.6) is 0 Å². The van der Waals surface area contributed by atoms with Gasteiger partial charge in [-0.15, -0.1) is 13.2 Å². The van der Waals surface area contributed by atoms with Gasteiger partial charge in [0.2, 0.25) is 0 Å². The fourth-order valence-corrected chi connectivity index (χ4v) is 0.985. The van der Waals surface area contributed by atoms with Gasteiger partial charge in [0.25, 0.3) is 0 Å². The topological polar surface area (TPSA) is 20.2 Å². The molecular formula is C10H18O. The van der Waals surface area contributed by atoms with Crippen LogP contribution in [0.3, 0.4) is 0 Å². The molecule has 11 heavy (non-hydrogen) atoms. The van der Waals surface area contributed by atoms with E-state index in [1.54, 1.807) is 6.08 Å². The summed E-state index contributed by atoms with van der Waals surface area (Å²) < 4.78 is 0. The van der Waals surface area contributed by atoms with E-state index in [0.29, 0.717) is 6.42 Å². The molecule has 0 aliphatic heterocycles. The minimum atomic E-state index is -0.307. The van der Waals surface area contributed by atoms with Gasteiger partial charge in [-0.25, -0.2) is 0 Å². The van der Waals surface area contributed by atoms with Crippen molar-refractivity contribution in [3.05, 3.63) is 25.3 Å². The quantitative estimate of drug-likeness (QED) is 0.603. The second-order valence-corrected chi connectivity index (χ2v) is 3.52. The average molecular weight is 154 g/mol. The van der Waals surface area contributed by atoms with Gasteiger partial charge in [0.15, 0.2) is 0 Å². The van der Waals surface area contributed by atoms with Crippen molar-refractivity contribution in [1.82, 2.24) is 0 Å². The highest BCUT2D eigenvalue weighted by Gasteiger charge is 2.24. The normalized spacial score (nSPS) is 14.1. The number of hydrogen-bond donors (Lipinski definition) is 1.